The number of halogens is 2. The van der Waals surface area contributed by atoms with Gasteiger partial charge in [-0.05, 0) is 26.7 Å². The third kappa shape index (κ3) is 2.85. The number of amides is 3. The van der Waals surface area contributed by atoms with Gasteiger partial charge in [0.25, 0.3) is 11.8 Å². The minimum Gasteiger partial charge on any atom is -0.381 e. The van der Waals surface area contributed by atoms with Crippen molar-refractivity contribution >= 4 is 11.9 Å². The fraction of sp³-hybridized carbons (Fsp3) is 0.714. The lowest BCUT2D eigenvalue weighted by molar-refractivity contribution is -0.130. The third-order valence-electron chi connectivity index (χ3n) is 4.23. The number of aromatic nitrogens is 2. The van der Waals surface area contributed by atoms with Crippen LogP contribution in [0.1, 0.15) is 38.4 Å². The lowest BCUT2D eigenvalue weighted by Gasteiger charge is -2.27. The molecule has 3 amide bonds. The van der Waals surface area contributed by atoms with Crippen LogP contribution in [0.4, 0.5) is 13.6 Å². The number of urea groups is 1. The van der Waals surface area contributed by atoms with Crippen molar-refractivity contribution in [2.24, 2.45) is 5.92 Å². The van der Waals surface area contributed by atoms with Crippen molar-refractivity contribution in [3.63, 3.8) is 0 Å². The van der Waals surface area contributed by atoms with E-state index in [1.165, 1.54) is 0 Å². The van der Waals surface area contributed by atoms with Gasteiger partial charge >= 0.3 is 12.0 Å². The van der Waals surface area contributed by atoms with Crippen LogP contribution in [0.2, 0.25) is 0 Å². The standard InChI is InChI=1S/C14H18F2N4O4/c1-13(2)11(21)20(12(22)18-13)7-9-17-10(24-19-9)14(15,16)8-3-5-23-6-4-8/h8H,3-7H2,1-2H3,(H,18,22). The molecule has 8 nitrogen and oxygen atoms in total. The minimum absolute atomic E-state index is 0.141. The molecule has 0 aliphatic carbocycles. The fourth-order valence-electron chi connectivity index (χ4n) is 2.79. The zero-order valence-corrected chi connectivity index (χ0v) is 13.3. The van der Waals surface area contributed by atoms with E-state index in [4.69, 9.17) is 9.26 Å². The van der Waals surface area contributed by atoms with Crippen LogP contribution in [0.25, 0.3) is 0 Å². The average molecular weight is 344 g/mol. The normalized spacial score (nSPS) is 22.1. The van der Waals surface area contributed by atoms with Gasteiger partial charge < -0.3 is 14.6 Å². The van der Waals surface area contributed by atoms with Crippen LogP contribution in [0.3, 0.4) is 0 Å². The van der Waals surface area contributed by atoms with E-state index in [0.29, 0.717) is 0 Å². The molecule has 2 fully saturated rings. The summed E-state index contributed by atoms with van der Waals surface area (Å²) in [7, 11) is 0. The first-order valence-electron chi connectivity index (χ1n) is 7.64. The van der Waals surface area contributed by atoms with Gasteiger partial charge in [-0.1, -0.05) is 5.16 Å². The van der Waals surface area contributed by atoms with Crippen LogP contribution in [0.5, 0.6) is 0 Å². The summed E-state index contributed by atoms with van der Waals surface area (Å²) in [6.07, 6.45) is 0.401. The zero-order chi connectivity index (χ0) is 17.5. The number of nitrogens with zero attached hydrogens (tertiary/aromatic N) is 3. The molecule has 0 aromatic carbocycles. The van der Waals surface area contributed by atoms with Gasteiger partial charge in [-0.25, -0.2) is 4.79 Å². The molecule has 1 N–H and O–H groups in total. The predicted octanol–water partition coefficient (Wildman–Crippen LogP) is 1.42. The molecule has 1 aromatic heterocycles. The molecule has 2 aliphatic rings. The second kappa shape index (κ2) is 5.76. The minimum atomic E-state index is -3.27. The molecule has 0 atom stereocenters. The largest absolute Gasteiger partial charge is 0.381 e. The summed E-state index contributed by atoms with van der Waals surface area (Å²) in [4.78, 5) is 28.5. The van der Waals surface area contributed by atoms with Crippen LogP contribution >= 0.6 is 0 Å². The number of ether oxygens (including phenoxy) is 1. The molecule has 24 heavy (non-hydrogen) atoms. The van der Waals surface area contributed by atoms with Crippen molar-refractivity contribution in [2.45, 2.75) is 44.7 Å². The van der Waals surface area contributed by atoms with Gasteiger partial charge in [-0.3, -0.25) is 9.69 Å². The van der Waals surface area contributed by atoms with E-state index in [1.54, 1.807) is 13.8 Å². The van der Waals surface area contributed by atoms with E-state index >= 15 is 0 Å². The highest BCUT2D eigenvalue weighted by Crippen LogP contribution is 2.40. The summed E-state index contributed by atoms with van der Waals surface area (Å²) in [5, 5.41) is 5.98. The molecule has 132 valence electrons. The monoisotopic (exact) mass is 344 g/mol. The Morgan fingerprint density at radius 3 is 2.58 bits per heavy atom. The third-order valence-corrected chi connectivity index (χ3v) is 4.23. The van der Waals surface area contributed by atoms with Crippen LogP contribution in [0.15, 0.2) is 4.52 Å². The molecule has 1 aromatic rings. The number of hydrogen-bond acceptors (Lipinski definition) is 6. The number of alkyl halides is 2. The summed E-state index contributed by atoms with van der Waals surface area (Å²) >= 11 is 0. The summed E-state index contributed by atoms with van der Waals surface area (Å²) in [5.74, 6) is -5.62. The topological polar surface area (TPSA) is 97.6 Å². The van der Waals surface area contributed by atoms with Crippen molar-refractivity contribution in [3.8, 4) is 0 Å². The smallest absolute Gasteiger partial charge is 0.328 e. The van der Waals surface area contributed by atoms with Gasteiger partial charge in [-0.2, -0.15) is 13.8 Å². The van der Waals surface area contributed by atoms with Crippen LogP contribution in [-0.4, -0.2) is 45.7 Å². The van der Waals surface area contributed by atoms with Crippen molar-refractivity contribution in [1.29, 1.82) is 0 Å². The van der Waals surface area contributed by atoms with Gasteiger partial charge in [0.2, 0.25) is 0 Å². The molecular formula is C14H18F2N4O4. The number of imide groups is 1. The van der Waals surface area contributed by atoms with Gasteiger partial charge in [0, 0.05) is 19.1 Å². The van der Waals surface area contributed by atoms with E-state index < -0.39 is 35.2 Å². The highest BCUT2D eigenvalue weighted by atomic mass is 19.3. The van der Waals surface area contributed by atoms with Gasteiger partial charge in [0.05, 0.1) is 6.54 Å². The Morgan fingerprint density at radius 2 is 2.00 bits per heavy atom. The SMILES string of the molecule is CC1(C)NC(=O)N(Cc2noc(C(F)(F)C3CCOCC3)n2)C1=O. The van der Waals surface area contributed by atoms with E-state index in [-0.39, 0.29) is 38.4 Å². The summed E-state index contributed by atoms with van der Waals surface area (Å²) in [6.45, 7) is 3.31. The quantitative estimate of drug-likeness (QED) is 0.830. The van der Waals surface area contributed by atoms with E-state index in [9.17, 15) is 18.4 Å². The molecule has 0 spiro atoms. The van der Waals surface area contributed by atoms with Crippen LogP contribution in [-0.2, 0) is 22.0 Å². The Morgan fingerprint density at radius 1 is 1.33 bits per heavy atom. The number of nitrogens with one attached hydrogen (secondary N) is 1. The van der Waals surface area contributed by atoms with Crippen molar-refractivity contribution in [2.75, 3.05) is 13.2 Å². The predicted molar refractivity (Wildman–Crippen MR) is 74.9 cm³/mol. The maximum absolute atomic E-state index is 14.4. The molecule has 2 saturated heterocycles. The zero-order valence-electron chi connectivity index (χ0n) is 13.3. The summed E-state index contributed by atoms with van der Waals surface area (Å²) in [5.41, 5.74) is -1.05. The number of rotatable bonds is 4. The molecule has 3 heterocycles. The Balaban J connectivity index is 1.74. The van der Waals surface area contributed by atoms with Crippen molar-refractivity contribution in [1.82, 2.24) is 20.4 Å². The molecule has 0 bridgehead atoms. The summed E-state index contributed by atoms with van der Waals surface area (Å²) in [6, 6.07) is -0.618. The molecule has 2 aliphatic heterocycles. The van der Waals surface area contributed by atoms with E-state index in [0.717, 1.165) is 4.90 Å². The average Bonchev–Trinajstić information content (AvgIpc) is 3.08. The maximum Gasteiger partial charge on any atom is 0.328 e. The van der Waals surface area contributed by atoms with Gasteiger partial charge in [0.1, 0.15) is 5.54 Å². The van der Waals surface area contributed by atoms with Crippen LogP contribution < -0.4 is 5.32 Å². The van der Waals surface area contributed by atoms with Crippen molar-refractivity contribution < 1.29 is 27.6 Å². The second-order valence-corrected chi connectivity index (χ2v) is 6.47. The fourth-order valence-corrected chi connectivity index (χ4v) is 2.79. The summed E-state index contributed by atoms with van der Waals surface area (Å²) < 4.78 is 38.6. The number of carbonyl (C=O) groups is 2. The molecule has 0 unspecified atom stereocenters. The Hall–Kier alpha value is -2.10. The highest BCUT2D eigenvalue weighted by Gasteiger charge is 2.48. The van der Waals surface area contributed by atoms with E-state index in [2.05, 4.69) is 15.5 Å². The number of hydrogen-bond donors (Lipinski definition) is 1. The molecule has 0 saturated carbocycles. The van der Waals surface area contributed by atoms with Crippen LogP contribution in [0, 0.1) is 5.92 Å². The van der Waals surface area contributed by atoms with Gasteiger partial charge in [0.15, 0.2) is 5.82 Å². The first-order chi connectivity index (χ1) is 11.2. The first-order valence-corrected chi connectivity index (χ1v) is 7.64. The van der Waals surface area contributed by atoms with Gasteiger partial charge in [-0.15, -0.1) is 0 Å². The lowest BCUT2D eigenvalue weighted by atomic mass is 9.93. The maximum atomic E-state index is 14.4. The first kappa shape index (κ1) is 16.7. The molecule has 3 rings (SSSR count). The Labute approximate surface area is 136 Å². The van der Waals surface area contributed by atoms with Crippen molar-refractivity contribution in [3.05, 3.63) is 11.7 Å². The van der Waals surface area contributed by atoms with E-state index in [1.807, 2.05) is 0 Å². The Bertz CT molecular complexity index is 655. The molecular weight excluding hydrogens is 326 g/mol. The lowest BCUT2D eigenvalue weighted by Crippen LogP contribution is -2.40. The Kier molecular flexibility index (Phi) is 4.02. The molecule has 10 heteroatoms. The highest BCUT2D eigenvalue weighted by molar-refractivity contribution is 6.06. The second-order valence-electron chi connectivity index (χ2n) is 6.47. The molecule has 0 radical (unpaired) electrons. The number of carbonyl (C=O) groups excluding carboxylic acids is 2.